The number of aromatic nitrogens is 1. The molecule has 0 bridgehead atoms. The molecule has 1 amide bonds. The highest BCUT2D eigenvalue weighted by Crippen LogP contribution is 2.10. The van der Waals surface area contributed by atoms with Gasteiger partial charge < -0.3 is 20.6 Å². The molecule has 2 heterocycles. The maximum Gasteiger partial charge on any atom is 0.251 e. The number of carbonyl (C=O) groups excluding carboxylic acids is 1. The van der Waals surface area contributed by atoms with Crippen LogP contribution in [0.3, 0.4) is 0 Å². The van der Waals surface area contributed by atoms with Crippen LogP contribution in [0.1, 0.15) is 36.0 Å². The fourth-order valence-electron chi connectivity index (χ4n) is 2.70. The van der Waals surface area contributed by atoms with Gasteiger partial charge in [0.2, 0.25) is 0 Å². The molecule has 0 unspecified atom stereocenters. The number of amides is 1. The molecule has 0 aliphatic carbocycles. The fourth-order valence-corrected chi connectivity index (χ4v) is 2.70. The van der Waals surface area contributed by atoms with Crippen LogP contribution in [0.4, 0.5) is 5.82 Å². The molecule has 6 heteroatoms. The third-order valence-electron chi connectivity index (χ3n) is 3.94. The third kappa shape index (κ3) is 5.27. The van der Waals surface area contributed by atoms with Crippen LogP contribution in [-0.4, -0.2) is 60.2 Å². The van der Waals surface area contributed by atoms with Gasteiger partial charge in [-0.3, -0.25) is 4.79 Å². The maximum atomic E-state index is 12.1. The van der Waals surface area contributed by atoms with Gasteiger partial charge in [0.15, 0.2) is 0 Å². The lowest BCUT2D eigenvalue weighted by molar-refractivity contribution is 0.0862. The Balaban J connectivity index is 1.77. The highest BCUT2D eigenvalue weighted by molar-refractivity contribution is 5.94. The van der Waals surface area contributed by atoms with Crippen molar-refractivity contribution >= 4 is 11.7 Å². The first-order valence-electron chi connectivity index (χ1n) is 8.01. The monoisotopic (exact) mass is 306 g/mol. The average molecular weight is 306 g/mol. The van der Waals surface area contributed by atoms with Crippen LogP contribution in [0, 0.1) is 0 Å². The second kappa shape index (κ2) is 8.70. The second-order valence-corrected chi connectivity index (χ2v) is 5.76. The number of rotatable bonds is 6. The van der Waals surface area contributed by atoms with Crippen LogP contribution in [0.15, 0.2) is 18.3 Å². The predicted molar refractivity (Wildman–Crippen MR) is 87.0 cm³/mol. The Kier molecular flexibility index (Phi) is 6.61. The van der Waals surface area contributed by atoms with Crippen LogP contribution < -0.4 is 10.6 Å². The topological polar surface area (TPSA) is 77.5 Å². The Labute approximate surface area is 131 Å². The number of nitrogens with zero attached hydrogens (tertiary/aromatic N) is 2. The SMILES string of the molecule is CNc1cc(C(=O)NC[C@H](O)CN2CCCCCC2)ccn1. The summed E-state index contributed by atoms with van der Waals surface area (Å²) in [4.78, 5) is 18.4. The van der Waals surface area contributed by atoms with Crippen LogP contribution >= 0.6 is 0 Å². The summed E-state index contributed by atoms with van der Waals surface area (Å²) >= 11 is 0. The van der Waals surface area contributed by atoms with E-state index in [4.69, 9.17) is 0 Å². The first-order chi connectivity index (χ1) is 10.7. The van der Waals surface area contributed by atoms with E-state index in [0.29, 0.717) is 17.9 Å². The maximum absolute atomic E-state index is 12.1. The summed E-state index contributed by atoms with van der Waals surface area (Å²) in [5, 5.41) is 15.8. The number of pyridine rings is 1. The summed E-state index contributed by atoms with van der Waals surface area (Å²) in [7, 11) is 1.76. The van der Waals surface area contributed by atoms with Crippen LogP contribution in [0.2, 0.25) is 0 Å². The highest BCUT2D eigenvalue weighted by atomic mass is 16.3. The van der Waals surface area contributed by atoms with Crippen LogP contribution in [-0.2, 0) is 0 Å². The number of anilines is 1. The standard InChI is InChI=1S/C16H26N4O2/c1-17-15-10-13(6-7-18-15)16(22)19-11-14(21)12-20-8-4-2-3-5-9-20/h6-7,10,14,21H,2-5,8-9,11-12H2,1H3,(H,17,18)(H,19,22)/t14-/m0/s1. The summed E-state index contributed by atoms with van der Waals surface area (Å²) in [6.07, 6.45) is 6.01. The summed E-state index contributed by atoms with van der Waals surface area (Å²) in [6, 6.07) is 3.36. The van der Waals surface area contributed by atoms with Crippen molar-refractivity contribution in [1.29, 1.82) is 0 Å². The minimum absolute atomic E-state index is 0.186. The zero-order valence-corrected chi connectivity index (χ0v) is 13.2. The zero-order chi connectivity index (χ0) is 15.8. The lowest BCUT2D eigenvalue weighted by Crippen LogP contribution is -2.40. The van der Waals surface area contributed by atoms with Crippen molar-refractivity contribution in [3.63, 3.8) is 0 Å². The molecule has 1 atom stereocenters. The van der Waals surface area contributed by atoms with Crippen molar-refractivity contribution in [3.8, 4) is 0 Å². The first kappa shape index (κ1) is 16.7. The molecule has 1 saturated heterocycles. The van der Waals surface area contributed by atoms with Gasteiger partial charge in [0.05, 0.1) is 6.10 Å². The lowest BCUT2D eigenvalue weighted by atomic mass is 10.2. The molecule has 6 nitrogen and oxygen atoms in total. The van der Waals surface area contributed by atoms with Gasteiger partial charge in [0.1, 0.15) is 5.82 Å². The Morgan fingerprint density at radius 3 is 2.77 bits per heavy atom. The number of aliphatic hydroxyl groups is 1. The summed E-state index contributed by atoms with van der Waals surface area (Å²) in [5.41, 5.74) is 0.543. The molecule has 1 aromatic rings. The Morgan fingerprint density at radius 1 is 1.36 bits per heavy atom. The average Bonchev–Trinajstić information content (AvgIpc) is 2.81. The smallest absolute Gasteiger partial charge is 0.251 e. The number of carbonyl (C=O) groups is 1. The quantitative estimate of drug-likeness (QED) is 0.733. The van der Waals surface area contributed by atoms with Gasteiger partial charge in [-0.05, 0) is 38.1 Å². The van der Waals surface area contributed by atoms with E-state index in [1.165, 1.54) is 25.7 Å². The zero-order valence-electron chi connectivity index (χ0n) is 13.2. The highest BCUT2D eigenvalue weighted by Gasteiger charge is 2.15. The van der Waals surface area contributed by atoms with Crippen molar-refractivity contribution in [2.75, 3.05) is 38.5 Å². The fraction of sp³-hybridized carbons (Fsp3) is 0.625. The van der Waals surface area contributed by atoms with Gasteiger partial charge in [-0.25, -0.2) is 4.98 Å². The molecule has 22 heavy (non-hydrogen) atoms. The number of hydrogen-bond acceptors (Lipinski definition) is 5. The predicted octanol–water partition coefficient (Wildman–Crippen LogP) is 1.09. The van der Waals surface area contributed by atoms with Crippen molar-refractivity contribution in [1.82, 2.24) is 15.2 Å². The first-order valence-corrected chi connectivity index (χ1v) is 8.01. The van der Waals surface area contributed by atoms with Crippen molar-refractivity contribution in [2.24, 2.45) is 0 Å². The molecule has 1 fully saturated rings. The van der Waals surface area contributed by atoms with Gasteiger partial charge >= 0.3 is 0 Å². The molecule has 3 N–H and O–H groups in total. The van der Waals surface area contributed by atoms with E-state index < -0.39 is 6.10 Å². The van der Waals surface area contributed by atoms with Crippen LogP contribution in [0.25, 0.3) is 0 Å². The van der Waals surface area contributed by atoms with E-state index in [1.54, 1.807) is 25.4 Å². The van der Waals surface area contributed by atoms with Gasteiger partial charge in [0, 0.05) is 31.9 Å². The summed E-state index contributed by atoms with van der Waals surface area (Å²) < 4.78 is 0. The van der Waals surface area contributed by atoms with E-state index >= 15 is 0 Å². The molecule has 1 aromatic heterocycles. The Bertz CT molecular complexity index is 473. The minimum atomic E-state index is -0.535. The van der Waals surface area contributed by atoms with Gasteiger partial charge in [0.25, 0.3) is 5.91 Å². The van der Waals surface area contributed by atoms with Crippen molar-refractivity contribution in [2.45, 2.75) is 31.8 Å². The van der Waals surface area contributed by atoms with E-state index in [0.717, 1.165) is 13.1 Å². The number of hydrogen-bond donors (Lipinski definition) is 3. The van der Waals surface area contributed by atoms with Crippen molar-refractivity contribution in [3.05, 3.63) is 23.9 Å². The minimum Gasteiger partial charge on any atom is -0.390 e. The van der Waals surface area contributed by atoms with E-state index in [2.05, 4.69) is 20.5 Å². The molecule has 0 saturated carbocycles. The molecule has 1 aliphatic rings. The van der Waals surface area contributed by atoms with Gasteiger partial charge in [-0.15, -0.1) is 0 Å². The number of likely N-dealkylation sites (tertiary alicyclic amines) is 1. The lowest BCUT2D eigenvalue weighted by Gasteiger charge is -2.23. The summed E-state index contributed by atoms with van der Waals surface area (Å²) in [5.74, 6) is 0.464. The Hall–Kier alpha value is -1.66. The van der Waals surface area contributed by atoms with Crippen LogP contribution in [0.5, 0.6) is 0 Å². The van der Waals surface area contributed by atoms with E-state index in [1.807, 2.05) is 0 Å². The van der Waals surface area contributed by atoms with E-state index in [-0.39, 0.29) is 12.5 Å². The van der Waals surface area contributed by atoms with Gasteiger partial charge in [-0.1, -0.05) is 12.8 Å². The molecule has 0 spiro atoms. The van der Waals surface area contributed by atoms with Crippen molar-refractivity contribution < 1.29 is 9.90 Å². The number of aliphatic hydroxyl groups excluding tert-OH is 1. The number of β-amino-alcohol motifs (C(OH)–C–C–N with tert-alkyl or cyclic N) is 1. The van der Waals surface area contributed by atoms with E-state index in [9.17, 15) is 9.90 Å². The Morgan fingerprint density at radius 2 is 2.09 bits per heavy atom. The molecule has 2 rings (SSSR count). The largest absolute Gasteiger partial charge is 0.390 e. The molecule has 1 aliphatic heterocycles. The molecule has 122 valence electrons. The molecular weight excluding hydrogens is 280 g/mol. The number of nitrogens with one attached hydrogen (secondary N) is 2. The summed E-state index contributed by atoms with van der Waals surface area (Å²) in [6.45, 7) is 2.98. The second-order valence-electron chi connectivity index (χ2n) is 5.76. The third-order valence-corrected chi connectivity index (χ3v) is 3.94. The molecular formula is C16H26N4O2. The van der Waals surface area contributed by atoms with Gasteiger partial charge in [-0.2, -0.15) is 0 Å². The molecule has 0 aromatic carbocycles. The normalized spacial score (nSPS) is 17.5. The molecule has 0 radical (unpaired) electrons.